The summed E-state index contributed by atoms with van der Waals surface area (Å²) in [5, 5.41) is 2.85. The molecule has 1 N–H and O–H groups in total. The molecule has 0 saturated carbocycles. The minimum atomic E-state index is -0.628. The quantitative estimate of drug-likeness (QED) is 0.611. The number of pyridine rings is 1. The number of rotatable bonds is 6. The second kappa shape index (κ2) is 6.99. The first-order chi connectivity index (χ1) is 8.13. The Bertz CT molecular complexity index is 368. The Hall–Kier alpha value is -1.45. The zero-order chi connectivity index (χ0) is 12.7. The number of amides is 1. The van der Waals surface area contributed by atoms with Crippen molar-refractivity contribution in [1.82, 2.24) is 10.3 Å². The maximum atomic E-state index is 12.8. The van der Waals surface area contributed by atoms with Crippen molar-refractivity contribution in [3.63, 3.8) is 0 Å². The molecule has 1 heterocycles. The van der Waals surface area contributed by atoms with Gasteiger partial charge in [-0.15, -0.1) is 0 Å². The Balaban J connectivity index is 2.43. The maximum Gasteiger partial charge on any atom is 0.251 e. The minimum Gasteiger partial charge on any atom is -0.350 e. The van der Waals surface area contributed by atoms with Gasteiger partial charge in [-0.25, -0.2) is 4.98 Å². The Morgan fingerprint density at radius 2 is 2.29 bits per heavy atom. The fourth-order valence-corrected chi connectivity index (χ4v) is 1.62. The van der Waals surface area contributed by atoms with Gasteiger partial charge in [0, 0.05) is 23.9 Å². The molecule has 0 aliphatic rings. The predicted octanol–water partition coefficient (Wildman–Crippen LogP) is 2.92. The highest BCUT2D eigenvalue weighted by Gasteiger charge is 2.10. The lowest BCUT2D eigenvalue weighted by molar-refractivity contribution is 0.0937. The summed E-state index contributed by atoms with van der Waals surface area (Å²) in [7, 11) is 0. The minimum absolute atomic E-state index is 0.116. The SMILES string of the molecule is CCCCCC(C)NC(=O)c1ccnc(F)c1. The number of halogens is 1. The molecule has 1 amide bonds. The first-order valence-electron chi connectivity index (χ1n) is 6.06. The van der Waals surface area contributed by atoms with E-state index >= 15 is 0 Å². The van der Waals surface area contributed by atoms with Gasteiger partial charge in [-0.3, -0.25) is 4.79 Å². The Morgan fingerprint density at radius 1 is 1.53 bits per heavy atom. The van der Waals surface area contributed by atoms with E-state index in [0.717, 1.165) is 25.3 Å². The summed E-state index contributed by atoms with van der Waals surface area (Å²) in [6.45, 7) is 4.11. The van der Waals surface area contributed by atoms with E-state index < -0.39 is 5.95 Å². The molecule has 4 heteroatoms. The van der Waals surface area contributed by atoms with Crippen LogP contribution in [0.15, 0.2) is 18.3 Å². The van der Waals surface area contributed by atoms with E-state index in [4.69, 9.17) is 0 Å². The molecule has 1 rings (SSSR count). The van der Waals surface area contributed by atoms with E-state index in [1.54, 1.807) is 0 Å². The van der Waals surface area contributed by atoms with Crippen molar-refractivity contribution in [2.24, 2.45) is 0 Å². The predicted molar refractivity (Wildman–Crippen MR) is 65.3 cm³/mol. The topological polar surface area (TPSA) is 42.0 Å². The normalized spacial score (nSPS) is 12.2. The lowest BCUT2D eigenvalue weighted by Gasteiger charge is -2.13. The third kappa shape index (κ3) is 4.93. The summed E-state index contributed by atoms with van der Waals surface area (Å²) < 4.78 is 12.8. The van der Waals surface area contributed by atoms with E-state index in [-0.39, 0.29) is 11.9 Å². The molecular weight excluding hydrogens is 219 g/mol. The molecule has 0 bridgehead atoms. The van der Waals surface area contributed by atoms with Crippen LogP contribution in [0.2, 0.25) is 0 Å². The average molecular weight is 238 g/mol. The van der Waals surface area contributed by atoms with Gasteiger partial charge in [0.05, 0.1) is 0 Å². The molecule has 0 fully saturated rings. The summed E-state index contributed by atoms with van der Waals surface area (Å²) in [5.74, 6) is -0.869. The molecule has 1 aromatic rings. The number of unbranched alkanes of at least 4 members (excludes halogenated alkanes) is 2. The van der Waals surface area contributed by atoms with Crippen LogP contribution in [-0.2, 0) is 0 Å². The van der Waals surface area contributed by atoms with Crippen LogP contribution in [0.1, 0.15) is 49.9 Å². The Kier molecular flexibility index (Phi) is 5.60. The van der Waals surface area contributed by atoms with Crippen molar-refractivity contribution >= 4 is 5.91 Å². The second-order valence-electron chi connectivity index (χ2n) is 4.24. The molecule has 3 nitrogen and oxygen atoms in total. The number of hydrogen-bond donors (Lipinski definition) is 1. The van der Waals surface area contributed by atoms with Crippen LogP contribution in [0.3, 0.4) is 0 Å². The highest BCUT2D eigenvalue weighted by Crippen LogP contribution is 2.05. The van der Waals surface area contributed by atoms with Gasteiger partial charge >= 0.3 is 0 Å². The summed E-state index contributed by atoms with van der Waals surface area (Å²) in [6.07, 6.45) is 5.68. The summed E-state index contributed by atoms with van der Waals surface area (Å²) in [4.78, 5) is 15.1. The lowest BCUT2D eigenvalue weighted by Crippen LogP contribution is -2.32. The van der Waals surface area contributed by atoms with E-state index in [1.165, 1.54) is 18.7 Å². The largest absolute Gasteiger partial charge is 0.350 e. The number of carbonyl (C=O) groups is 1. The zero-order valence-electron chi connectivity index (χ0n) is 10.4. The van der Waals surface area contributed by atoms with Crippen LogP contribution in [-0.4, -0.2) is 16.9 Å². The van der Waals surface area contributed by atoms with E-state index in [1.807, 2.05) is 6.92 Å². The third-order valence-electron chi connectivity index (χ3n) is 2.61. The molecule has 17 heavy (non-hydrogen) atoms. The summed E-state index contributed by atoms with van der Waals surface area (Å²) >= 11 is 0. The van der Waals surface area contributed by atoms with E-state index in [0.29, 0.717) is 5.56 Å². The fraction of sp³-hybridized carbons (Fsp3) is 0.538. The molecule has 0 spiro atoms. The van der Waals surface area contributed by atoms with Gasteiger partial charge in [0.1, 0.15) is 0 Å². The summed E-state index contributed by atoms with van der Waals surface area (Å²) in [6, 6.07) is 2.77. The van der Waals surface area contributed by atoms with Crippen LogP contribution in [0.5, 0.6) is 0 Å². The average Bonchev–Trinajstić information content (AvgIpc) is 2.29. The number of nitrogens with zero attached hydrogens (tertiary/aromatic N) is 1. The fourth-order valence-electron chi connectivity index (χ4n) is 1.62. The molecule has 0 aliphatic heterocycles. The van der Waals surface area contributed by atoms with Crippen molar-refractivity contribution in [2.45, 2.75) is 45.6 Å². The molecular formula is C13H19FN2O. The third-order valence-corrected chi connectivity index (χ3v) is 2.61. The van der Waals surface area contributed by atoms with Crippen LogP contribution >= 0.6 is 0 Å². The number of carbonyl (C=O) groups excluding carboxylic acids is 1. The van der Waals surface area contributed by atoms with Gasteiger partial charge in [0.25, 0.3) is 5.91 Å². The van der Waals surface area contributed by atoms with Gasteiger partial charge in [-0.1, -0.05) is 26.2 Å². The van der Waals surface area contributed by atoms with E-state index in [9.17, 15) is 9.18 Å². The highest BCUT2D eigenvalue weighted by molar-refractivity contribution is 5.94. The Labute approximate surface area is 101 Å². The highest BCUT2D eigenvalue weighted by atomic mass is 19.1. The molecule has 0 aromatic carbocycles. The van der Waals surface area contributed by atoms with Gasteiger partial charge < -0.3 is 5.32 Å². The molecule has 1 atom stereocenters. The molecule has 0 radical (unpaired) electrons. The molecule has 0 saturated heterocycles. The monoisotopic (exact) mass is 238 g/mol. The maximum absolute atomic E-state index is 12.8. The van der Waals surface area contributed by atoms with Crippen LogP contribution in [0.25, 0.3) is 0 Å². The molecule has 1 unspecified atom stereocenters. The zero-order valence-corrected chi connectivity index (χ0v) is 10.4. The first kappa shape index (κ1) is 13.6. The standard InChI is InChI=1S/C13H19FN2O/c1-3-4-5-6-10(2)16-13(17)11-7-8-15-12(14)9-11/h7-10H,3-6H2,1-2H3,(H,16,17). The lowest BCUT2D eigenvalue weighted by atomic mass is 10.1. The van der Waals surface area contributed by atoms with Gasteiger partial charge in [-0.2, -0.15) is 4.39 Å². The first-order valence-corrected chi connectivity index (χ1v) is 6.06. The smallest absolute Gasteiger partial charge is 0.251 e. The number of hydrogen-bond acceptors (Lipinski definition) is 2. The molecule has 1 aromatic heterocycles. The van der Waals surface area contributed by atoms with Crippen molar-refractivity contribution in [3.05, 3.63) is 29.8 Å². The van der Waals surface area contributed by atoms with Crippen LogP contribution < -0.4 is 5.32 Å². The number of aromatic nitrogens is 1. The summed E-state index contributed by atoms with van der Waals surface area (Å²) in [5.41, 5.74) is 0.319. The second-order valence-corrected chi connectivity index (χ2v) is 4.24. The van der Waals surface area contributed by atoms with Crippen molar-refractivity contribution in [2.75, 3.05) is 0 Å². The van der Waals surface area contributed by atoms with Crippen LogP contribution in [0, 0.1) is 5.95 Å². The van der Waals surface area contributed by atoms with Gasteiger partial charge in [0.2, 0.25) is 5.95 Å². The van der Waals surface area contributed by atoms with Gasteiger partial charge in [0.15, 0.2) is 0 Å². The van der Waals surface area contributed by atoms with Crippen molar-refractivity contribution < 1.29 is 9.18 Å². The molecule has 94 valence electrons. The Morgan fingerprint density at radius 3 is 2.94 bits per heavy atom. The van der Waals surface area contributed by atoms with Gasteiger partial charge in [-0.05, 0) is 19.4 Å². The van der Waals surface area contributed by atoms with Crippen molar-refractivity contribution in [1.29, 1.82) is 0 Å². The molecule has 0 aliphatic carbocycles. The van der Waals surface area contributed by atoms with Crippen LogP contribution in [0.4, 0.5) is 4.39 Å². The van der Waals surface area contributed by atoms with Crippen molar-refractivity contribution in [3.8, 4) is 0 Å². The van der Waals surface area contributed by atoms with E-state index in [2.05, 4.69) is 17.2 Å². The number of nitrogens with one attached hydrogen (secondary N) is 1.